The van der Waals surface area contributed by atoms with E-state index in [-0.39, 0.29) is 12.1 Å². The third kappa shape index (κ3) is 3.88. The van der Waals surface area contributed by atoms with E-state index in [9.17, 15) is 0 Å². The number of nitrogens with one attached hydrogen (secondary N) is 1. The van der Waals surface area contributed by atoms with Crippen molar-refractivity contribution in [1.29, 1.82) is 0 Å². The highest BCUT2D eigenvalue weighted by Crippen LogP contribution is 2.39. The Labute approximate surface area is 177 Å². The highest BCUT2D eigenvalue weighted by Gasteiger charge is 2.41. The molecule has 3 aromatic heterocycles. The zero-order valence-corrected chi connectivity index (χ0v) is 17.8. The molecule has 6 nitrogen and oxygen atoms in total. The average Bonchev–Trinajstić information content (AvgIpc) is 3.27. The van der Waals surface area contributed by atoms with Crippen LogP contribution in [0.3, 0.4) is 0 Å². The van der Waals surface area contributed by atoms with Crippen molar-refractivity contribution >= 4 is 17.3 Å². The molecule has 4 rings (SSSR count). The molecule has 1 saturated heterocycles. The molecule has 1 aliphatic rings. The van der Waals surface area contributed by atoms with Crippen molar-refractivity contribution in [1.82, 2.24) is 29.7 Å². The highest BCUT2D eigenvalue weighted by atomic mass is 32.1. The lowest BCUT2D eigenvalue weighted by Gasteiger charge is -2.30. The van der Waals surface area contributed by atoms with Crippen LogP contribution in [0.4, 0.5) is 0 Å². The van der Waals surface area contributed by atoms with Crippen molar-refractivity contribution in [2.45, 2.75) is 19.0 Å². The van der Waals surface area contributed by atoms with Crippen LogP contribution < -0.4 is 5.32 Å². The minimum Gasteiger partial charge on any atom is -0.352 e. The second-order valence-corrected chi connectivity index (χ2v) is 7.96. The molecule has 1 fully saturated rings. The van der Waals surface area contributed by atoms with Crippen LogP contribution in [0.15, 0.2) is 61.1 Å². The van der Waals surface area contributed by atoms with Gasteiger partial charge in [0, 0.05) is 36.9 Å². The highest BCUT2D eigenvalue weighted by molar-refractivity contribution is 7.80. The smallest absolute Gasteiger partial charge is 0.170 e. The van der Waals surface area contributed by atoms with Crippen LogP contribution in [-0.2, 0) is 0 Å². The Morgan fingerprint density at radius 3 is 2.66 bits per heavy atom. The van der Waals surface area contributed by atoms with Crippen LogP contribution in [0.1, 0.15) is 29.2 Å². The van der Waals surface area contributed by atoms with Crippen molar-refractivity contribution in [3.63, 3.8) is 0 Å². The first-order valence-corrected chi connectivity index (χ1v) is 10.2. The van der Waals surface area contributed by atoms with Gasteiger partial charge < -0.3 is 19.7 Å². The lowest BCUT2D eigenvalue weighted by molar-refractivity contribution is 0.272. The second kappa shape index (κ2) is 8.31. The van der Waals surface area contributed by atoms with E-state index in [1.165, 1.54) is 5.69 Å². The Hall–Kier alpha value is -2.77. The van der Waals surface area contributed by atoms with Gasteiger partial charge in [-0.2, -0.15) is 0 Å². The largest absolute Gasteiger partial charge is 0.352 e. The van der Waals surface area contributed by atoms with Crippen LogP contribution in [-0.4, -0.2) is 56.6 Å². The third-order valence-electron chi connectivity index (χ3n) is 5.30. The summed E-state index contributed by atoms with van der Waals surface area (Å²) in [6, 6.07) is 14.5. The molecule has 0 radical (unpaired) electrons. The Morgan fingerprint density at radius 2 is 1.97 bits per heavy atom. The molecular weight excluding hydrogens is 380 g/mol. The van der Waals surface area contributed by atoms with Gasteiger partial charge in [-0.3, -0.25) is 9.97 Å². The molecule has 0 aliphatic carbocycles. The number of hydrogen-bond acceptors (Lipinski definition) is 4. The monoisotopic (exact) mass is 406 g/mol. The van der Waals surface area contributed by atoms with Crippen LogP contribution in [0.25, 0.3) is 5.69 Å². The quantitative estimate of drug-likeness (QED) is 0.635. The van der Waals surface area contributed by atoms with E-state index in [1.54, 1.807) is 6.20 Å². The predicted octanol–water partition coefficient (Wildman–Crippen LogP) is 3.11. The maximum Gasteiger partial charge on any atom is 0.170 e. The average molecular weight is 407 g/mol. The molecule has 0 aromatic carbocycles. The van der Waals surface area contributed by atoms with Gasteiger partial charge in [-0.05, 0) is 69.6 Å². The fourth-order valence-electron chi connectivity index (χ4n) is 3.90. The second-order valence-electron chi connectivity index (χ2n) is 7.57. The summed E-state index contributed by atoms with van der Waals surface area (Å²) in [6.07, 6.45) is 5.54. The Balaban J connectivity index is 1.81. The fraction of sp³-hybridized carbons (Fsp3) is 0.318. The topological polar surface area (TPSA) is 49.2 Å². The van der Waals surface area contributed by atoms with Crippen molar-refractivity contribution in [2.24, 2.45) is 0 Å². The Kier molecular flexibility index (Phi) is 5.60. The van der Waals surface area contributed by atoms with Gasteiger partial charge in [-0.25, -0.2) is 0 Å². The zero-order chi connectivity index (χ0) is 20.4. The van der Waals surface area contributed by atoms with E-state index in [1.807, 2.05) is 30.6 Å². The number of aryl methyl sites for hydroxylation is 1. The lowest BCUT2D eigenvalue weighted by Crippen LogP contribution is -2.36. The number of rotatable bonds is 6. The molecule has 3 aromatic rings. The fourth-order valence-corrected chi connectivity index (χ4v) is 4.24. The minimum atomic E-state index is -0.0180. The molecular formula is C22H26N6S. The molecule has 0 bridgehead atoms. The van der Waals surface area contributed by atoms with E-state index in [0.717, 1.165) is 35.3 Å². The molecule has 0 amide bonds. The van der Waals surface area contributed by atoms with Crippen LogP contribution in [0.5, 0.6) is 0 Å². The molecule has 0 spiro atoms. The van der Waals surface area contributed by atoms with Crippen LogP contribution in [0.2, 0.25) is 0 Å². The summed E-state index contributed by atoms with van der Waals surface area (Å²) in [4.78, 5) is 13.4. The molecule has 4 heterocycles. The lowest BCUT2D eigenvalue weighted by atomic mass is 10.0. The van der Waals surface area contributed by atoms with Gasteiger partial charge in [-0.1, -0.05) is 6.07 Å². The zero-order valence-electron chi connectivity index (χ0n) is 17.0. The standard InChI is InChI=1S/C22H26N6S/c1-16-9-10-19(28(16)17-7-6-11-23-15-17)21-20(18-8-4-5-12-24-18)25-22(29)27(21)14-13-26(2)3/h4-12,15,20-21H,13-14H2,1-3H3,(H,25,29)/t20-,21+/m1/s1. The first-order valence-electron chi connectivity index (χ1n) is 9.77. The molecule has 29 heavy (non-hydrogen) atoms. The number of thiocarbonyl (C=S) groups is 1. The predicted molar refractivity (Wildman–Crippen MR) is 119 cm³/mol. The summed E-state index contributed by atoms with van der Waals surface area (Å²) < 4.78 is 2.27. The number of aromatic nitrogens is 3. The normalized spacial score (nSPS) is 19.0. The molecule has 0 unspecified atom stereocenters. The van der Waals surface area contributed by atoms with E-state index >= 15 is 0 Å². The van der Waals surface area contributed by atoms with Crippen molar-refractivity contribution < 1.29 is 0 Å². The van der Waals surface area contributed by atoms with Crippen LogP contribution >= 0.6 is 12.2 Å². The minimum absolute atomic E-state index is 0.0180. The van der Waals surface area contributed by atoms with Gasteiger partial charge >= 0.3 is 0 Å². The maximum absolute atomic E-state index is 5.76. The molecule has 150 valence electrons. The molecule has 7 heteroatoms. The van der Waals surface area contributed by atoms with Gasteiger partial charge in [0.25, 0.3) is 0 Å². The number of pyridine rings is 2. The first-order chi connectivity index (χ1) is 14.1. The van der Waals surface area contributed by atoms with Crippen LogP contribution in [0, 0.1) is 6.92 Å². The van der Waals surface area contributed by atoms with Crippen molar-refractivity contribution in [3.8, 4) is 5.69 Å². The number of nitrogens with zero attached hydrogens (tertiary/aromatic N) is 5. The van der Waals surface area contributed by atoms with Gasteiger partial charge in [0.05, 0.1) is 29.7 Å². The van der Waals surface area contributed by atoms with Gasteiger partial charge in [0.1, 0.15) is 0 Å². The first kappa shape index (κ1) is 19.5. The van der Waals surface area contributed by atoms with Gasteiger partial charge in [-0.15, -0.1) is 0 Å². The van der Waals surface area contributed by atoms with Gasteiger partial charge in [0.15, 0.2) is 5.11 Å². The third-order valence-corrected chi connectivity index (χ3v) is 5.65. The number of hydrogen-bond donors (Lipinski definition) is 1. The Bertz CT molecular complexity index is 969. The SMILES string of the molecule is Cc1ccc([C@H]2[C@@H](c3ccccn3)NC(=S)N2CCN(C)C)n1-c1cccnc1. The molecule has 1 aliphatic heterocycles. The Morgan fingerprint density at radius 1 is 1.10 bits per heavy atom. The summed E-state index contributed by atoms with van der Waals surface area (Å²) >= 11 is 5.76. The molecule has 0 saturated carbocycles. The van der Waals surface area contributed by atoms with E-state index in [0.29, 0.717) is 0 Å². The maximum atomic E-state index is 5.76. The summed E-state index contributed by atoms with van der Waals surface area (Å²) in [5.41, 5.74) is 4.38. The summed E-state index contributed by atoms with van der Waals surface area (Å²) in [6.45, 7) is 3.88. The molecule has 2 atom stereocenters. The van der Waals surface area contributed by atoms with Crippen molar-refractivity contribution in [3.05, 3.63) is 78.1 Å². The van der Waals surface area contributed by atoms with E-state index in [4.69, 9.17) is 12.2 Å². The number of likely N-dealkylation sites (N-methyl/N-ethyl adjacent to an activating group) is 1. The van der Waals surface area contributed by atoms with Gasteiger partial charge in [0.2, 0.25) is 0 Å². The summed E-state index contributed by atoms with van der Waals surface area (Å²) in [5.74, 6) is 0. The molecule has 1 N–H and O–H groups in total. The van der Waals surface area contributed by atoms with Crippen molar-refractivity contribution in [2.75, 3.05) is 27.2 Å². The van der Waals surface area contributed by atoms with E-state index < -0.39 is 0 Å². The summed E-state index contributed by atoms with van der Waals surface area (Å²) in [7, 11) is 4.17. The van der Waals surface area contributed by atoms with E-state index in [2.05, 4.69) is 74.9 Å². The summed E-state index contributed by atoms with van der Waals surface area (Å²) in [5, 5.41) is 4.30.